The Balaban J connectivity index is 1.57. The fraction of sp³-hybridized carbons (Fsp3) is 0.250. The van der Waals surface area contributed by atoms with E-state index < -0.39 is 0 Å². The number of rotatable bonds is 3. The Labute approximate surface area is 161 Å². The van der Waals surface area contributed by atoms with Crippen LogP contribution in [-0.4, -0.2) is 32.0 Å². The molecule has 1 amide bonds. The zero-order valence-corrected chi connectivity index (χ0v) is 15.5. The van der Waals surface area contributed by atoms with Crippen molar-refractivity contribution >= 4 is 34.2 Å². The summed E-state index contributed by atoms with van der Waals surface area (Å²) in [4.78, 5) is 22.3. The predicted octanol–water partition coefficient (Wildman–Crippen LogP) is 4.06. The number of pyridine rings is 1. The normalized spacial score (nSPS) is 17.0. The molecule has 1 unspecified atom stereocenters. The molecular formula is C20H19ClN4O2. The third-order valence-electron chi connectivity index (χ3n) is 4.76. The lowest BCUT2D eigenvalue weighted by molar-refractivity contribution is -0.119. The van der Waals surface area contributed by atoms with Gasteiger partial charge in [-0.1, -0.05) is 41.9 Å². The maximum Gasteiger partial charge on any atom is 0.293 e. The minimum Gasteiger partial charge on any atom is -0.480 e. The van der Waals surface area contributed by atoms with Crippen molar-refractivity contribution in [1.29, 1.82) is 0 Å². The molecule has 0 fully saturated rings. The van der Waals surface area contributed by atoms with E-state index in [1.807, 2.05) is 12.1 Å². The number of carbonyl (C=O) groups excluding carboxylic acids is 1. The van der Waals surface area contributed by atoms with Crippen molar-refractivity contribution in [2.24, 2.45) is 0 Å². The Hall–Kier alpha value is -2.86. The maximum absolute atomic E-state index is 11.2. The monoisotopic (exact) mass is 382 g/mol. The number of benzene rings is 1. The minimum absolute atomic E-state index is 0.0211. The molecule has 0 bridgehead atoms. The van der Waals surface area contributed by atoms with Crippen LogP contribution in [0.3, 0.4) is 0 Å². The molecule has 1 aliphatic rings. The topological polar surface area (TPSA) is 90.9 Å². The van der Waals surface area contributed by atoms with Gasteiger partial charge in [0.2, 0.25) is 5.91 Å². The Kier molecular flexibility index (Phi) is 4.58. The molecule has 4 rings (SSSR count). The molecule has 0 radical (unpaired) electrons. The van der Waals surface area contributed by atoms with Gasteiger partial charge in [0.1, 0.15) is 0 Å². The summed E-state index contributed by atoms with van der Waals surface area (Å²) in [5, 5.41) is 12.9. The molecule has 3 N–H and O–H groups in total. The van der Waals surface area contributed by atoms with E-state index in [1.165, 1.54) is 5.57 Å². The summed E-state index contributed by atoms with van der Waals surface area (Å²) in [6.45, 7) is 1.55. The quantitative estimate of drug-likeness (QED) is 0.637. The first kappa shape index (κ1) is 17.5. The van der Waals surface area contributed by atoms with Gasteiger partial charge < -0.3 is 15.4 Å². The highest BCUT2D eigenvalue weighted by atomic mass is 35.5. The summed E-state index contributed by atoms with van der Waals surface area (Å²) >= 11 is 6.36. The van der Waals surface area contributed by atoms with Crippen LogP contribution in [0.2, 0.25) is 5.02 Å². The summed E-state index contributed by atoms with van der Waals surface area (Å²) in [7, 11) is 0. The lowest BCUT2D eigenvalue weighted by Gasteiger charge is -2.22. The summed E-state index contributed by atoms with van der Waals surface area (Å²) in [5.41, 5.74) is 4.99. The molecule has 6 nitrogen and oxygen atoms in total. The molecule has 0 aliphatic heterocycles. The third-order valence-corrected chi connectivity index (χ3v) is 5.05. The summed E-state index contributed by atoms with van der Waals surface area (Å²) in [5.74, 6) is 0.0211. The number of aromatic amines is 1. The van der Waals surface area contributed by atoms with Crippen LogP contribution in [0.15, 0.2) is 36.4 Å². The number of aromatic hydroxyl groups is 1. The molecule has 1 aromatic carbocycles. The smallest absolute Gasteiger partial charge is 0.293 e. The number of H-pyrrole nitrogens is 1. The van der Waals surface area contributed by atoms with Crippen LogP contribution in [-0.2, 0) is 4.79 Å². The van der Waals surface area contributed by atoms with Crippen LogP contribution in [0.25, 0.3) is 28.0 Å². The second-order valence-corrected chi connectivity index (χ2v) is 7.14. The average molecular weight is 383 g/mol. The number of aromatic nitrogens is 3. The second kappa shape index (κ2) is 7.04. The number of carbonyl (C=O) groups is 1. The number of amides is 1. The first-order valence-corrected chi connectivity index (χ1v) is 9.19. The van der Waals surface area contributed by atoms with Gasteiger partial charge in [0.25, 0.3) is 6.01 Å². The van der Waals surface area contributed by atoms with Crippen molar-refractivity contribution in [3.05, 3.63) is 47.0 Å². The highest BCUT2D eigenvalue weighted by Gasteiger charge is 2.16. The molecule has 0 saturated carbocycles. The lowest BCUT2D eigenvalue weighted by atomic mass is 9.90. The maximum atomic E-state index is 11.2. The van der Waals surface area contributed by atoms with Crippen LogP contribution in [0.1, 0.15) is 31.7 Å². The number of halogens is 1. The first-order chi connectivity index (χ1) is 13.0. The van der Waals surface area contributed by atoms with E-state index in [4.69, 9.17) is 11.6 Å². The van der Waals surface area contributed by atoms with Crippen LogP contribution < -0.4 is 5.32 Å². The van der Waals surface area contributed by atoms with Crippen LogP contribution in [0, 0.1) is 0 Å². The lowest BCUT2D eigenvalue weighted by Crippen LogP contribution is -2.33. The van der Waals surface area contributed by atoms with Crippen molar-refractivity contribution < 1.29 is 9.90 Å². The molecule has 3 aromatic rings. The van der Waals surface area contributed by atoms with Gasteiger partial charge in [0.15, 0.2) is 5.65 Å². The van der Waals surface area contributed by atoms with Gasteiger partial charge in [-0.25, -0.2) is 4.98 Å². The molecular weight excluding hydrogens is 364 g/mol. The highest BCUT2D eigenvalue weighted by molar-refractivity contribution is 6.33. The van der Waals surface area contributed by atoms with Crippen molar-refractivity contribution in [2.45, 2.75) is 32.2 Å². The third kappa shape index (κ3) is 3.66. The van der Waals surface area contributed by atoms with E-state index >= 15 is 0 Å². The molecule has 1 aliphatic carbocycles. The van der Waals surface area contributed by atoms with E-state index in [2.05, 4.69) is 38.5 Å². The van der Waals surface area contributed by atoms with Gasteiger partial charge in [-0.15, -0.1) is 0 Å². The van der Waals surface area contributed by atoms with E-state index in [9.17, 15) is 9.90 Å². The van der Waals surface area contributed by atoms with Gasteiger partial charge in [0, 0.05) is 18.5 Å². The van der Waals surface area contributed by atoms with Gasteiger partial charge in [-0.3, -0.25) is 4.79 Å². The number of nitrogens with zero attached hydrogens (tertiary/aromatic N) is 2. The molecule has 27 heavy (non-hydrogen) atoms. The van der Waals surface area contributed by atoms with Crippen LogP contribution >= 0.6 is 11.6 Å². The molecule has 0 saturated heterocycles. The largest absolute Gasteiger partial charge is 0.480 e. The number of imidazole rings is 1. The molecule has 0 spiro atoms. The zero-order chi connectivity index (χ0) is 19.0. The van der Waals surface area contributed by atoms with E-state index in [-0.39, 0.29) is 18.0 Å². The van der Waals surface area contributed by atoms with Crippen molar-refractivity contribution in [1.82, 2.24) is 20.3 Å². The van der Waals surface area contributed by atoms with E-state index in [0.29, 0.717) is 21.9 Å². The summed E-state index contributed by atoms with van der Waals surface area (Å²) in [6, 6.07) is 9.86. The Morgan fingerprint density at radius 2 is 2.00 bits per heavy atom. The fourth-order valence-corrected chi connectivity index (χ4v) is 3.73. The van der Waals surface area contributed by atoms with Crippen molar-refractivity contribution in [2.75, 3.05) is 0 Å². The number of allylic oxidation sites excluding steroid dienone is 1. The Morgan fingerprint density at radius 3 is 2.67 bits per heavy atom. The molecule has 2 heterocycles. The fourth-order valence-electron chi connectivity index (χ4n) is 3.46. The van der Waals surface area contributed by atoms with Gasteiger partial charge in [-0.2, -0.15) is 4.98 Å². The van der Waals surface area contributed by atoms with Gasteiger partial charge in [-0.05, 0) is 36.5 Å². The second-order valence-electron chi connectivity index (χ2n) is 6.73. The van der Waals surface area contributed by atoms with Crippen LogP contribution in [0.5, 0.6) is 6.01 Å². The highest BCUT2D eigenvalue weighted by Crippen LogP contribution is 2.32. The minimum atomic E-state index is -0.178. The number of hydrogen-bond donors (Lipinski definition) is 3. The van der Waals surface area contributed by atoms with Crippen molar-refractivity contribution in [3.8, 4) is 17.3 Å². The standard InChI is InChI=1S/C20H19ClN4O2/c1-11(26)22-15-8-6-13(7-9-15)12-2-4-14(5-3-12)18-16(21)10-17-19(24-18)25-20(27)23-17/h2-6,10,15H,7-9H2,1H3,(H,22,26)(H2,23,24,25,27). The van der Waals surface area contributed by atoms with Crippen molar-refractivity contribution in [3.63, 3.8) is 0 Å². The Morgan fingerprint density at radius 1 is 1.26 bits per heavy atom. The summed E-state index contributed by atoms with van der Waals surface area (Å²) in [6.07, 6.45) is 4.92. The molecule has 7 heteroatoms. The molecule has 2 aromatic heterocycles. The number of hydrogen-bond acceptors (Lipinski definition) is 4. The van der Waals surface area contributed by atoms with E-state index in [0.717, 1.165) is 30.4 Å². The number of nitrogens with one attached hydrogen (secondary N) is 2. The zero-order valence-electron chi connectivity index (χ0n) is 14.8. The average Bonchev–Trinajstić information content (AvgIpc) is 3.00. The number of fused-ring (bicyclic) bond motifs is 1. The van der Waals surface area contributed by atoms with Gasteiger partial charge >= 0.3 is 0 Å². The molecule has 138 valence electrons. The van der Waals surface area contributed by atoms with E-state index in [1.54, 1.807) is 13.0 Å². The predicted molar refractivity (Wildman–Crippen MR) is 105 cm³/mol. The first-order valence-electron chi connectivity index (χ1n) is 8.82. The SMILES string of the molecule is CC(=O)NC1CC=C(c2ccc(-c3nc4nc(O)[nH]c4cc3Cl)cc2)CC1. The Bertz CT molecular complexity index is 1040. The molecule has 1 atom stereocenters. The van der Waals surface area contributed by atoms with Gasteiger partial charge in [0.05, 0.1) is 16.2 Å². The summed E-state index contributed by atoms with van der Waals surface area (Å²) < 4.78 is 0. The van der Waals surface area contributed by atoms with Crippen LogP contribution in [0.4, 0.5) is 0 Å².